The van der Waals surface area contributed by atoms with Crippen molar-refractivity contribution in [1.82, 2.24) is 9.78 Å². The van der Waals surface area contributed by atoms with Gasteiger partial charge in [-0.25, -0.2) is 4.68 Å². The summed E-state index contributed by atoms with van der Waals surface area (Å²) < 4.78 is 80.0. The van der Waals surface area contributed by atoms with Crippen molar-refractivity contribution in [1.29, 1.82) is 0 Å². The summed E-state index contributed by atoms with van der Waals surface area (Å²) >= 11 is 11.9. The number of benzene rings is 1. The van der Waals surface area contributed by atoms with Crippen molar-refractivity contribution in [3.63, 3.8) is 0 Å². The Bertz CT molecular complexity index is 1110. The molecule has 0 saturated carbocycles. The first-order valence-corrected chi connectivity index (χ1v) is 14.5. The number of hydrogen-bond acceptors (Lipinski definition) is 6. The second-order valence-electron chi connectivity index (χ2n) is 8.52. The van der Waals surface area contributed by atoms with E-state index in [4.69, 9.17) is 32.1 Å². The Hall–Kier alpha value is -1.34. The maximum Gasteiger partial charge on any atom is 0.534 e. The molecule has 0 bridgehead atoms. The van der Waals surface area contributed by atoms with Crippen LogP contribution in [0.2, 0.25) is 10.0 Å². The molecular weight excluding hydrogens is 540 g/mol. The van der Waals surface area contributed by atoms with Gasteiger partial charge in [-0.15, -0.1) is 10.3 Å². The molecule has 1 aromatic heterocycles. The molecule has 0 spiro atoms. The van der Waals surface area contributed by atoms with E-state index >= 15 is 0 Å². The van der Waals surface area contributed by atoms with E-state index in [-0.39, 0.29) is 51.6 Å². The van der Waals surface area contributed by atoms with E-state index in [1.807, 2.05) is 33.3 Å². The molecule has 34 heavy (non-hydrogen) atoms. The Balaban J connectivity index is 2.50. The molecule has 0 aliphatic carbocycles. The van der Waals surface area contributed by atoms with Crippen LogP contribution < -0.4 is 8.92 Å². The van der Waals surface area contributed by atoms with Crippen LogP contribution in [0.25, 0.3) is 0 Å². The van der Waals surface area contributed by atoms with E-state index < -0.39 is 31.8 Å². The number of hydrogen-bond donors (Lipinski definition) is 0. The fourth-order valence-corrected chi connectivity index (χ4v) is 4.22. The normalized spacial score (nSPS) is 13.7. The molecule has 7 nitrogen and oxygen atoms in total. The van der Waals surface area contributed by atoms with Gasteiger partial charge in [-0.2, -0.15) is 26.7 Å². The molecule has 0 atom stereocenters. The summed E-state index contributed by atoms with van der Waals surface area (Å²) in [7, 11) is -7.55. The zero-order valence-corrected chi connectivity index (χ0v) is 22.6. The van der Waals surface area contributed by atoms with Gasteiger partial charge in [0.15, 0.2) is 0 Å². The van der Waals surface area contributed by atoms with E-state index in [1.165, 1.54) is 18.2 Å². The lowest BCUT2D eigenvalue weighted by Crippen LogP contribution is -2.29. The molecule has 2 aromatic rings. The number of alkyl halides is 3. The zero-order valence-electron chi connectivity index (χ0n) is 19.5. The van der Waals surface area contributed by atoms with E-state index in [1.54, 1.807) is 6.92 Å². The molecule has 0 aliphatic rings. The monoisotopic (exact) mass is 566 g/mol. The zero-order chi connectivity index (χ0) is 26.1. The first-order chi connectivity index (χ1) is 15.4. The second-order valence-corrected chi connectivity index (χ2v) is 14.9. The van der Waals surface area contributed by atoms with Gasteiger partial charge in [0.2, 0.25) is 5.75 Å². The third-order valence-electron chi connectivity index (χ3n) is 4.95. The van der Waals surface area contributed by atoms with Crippen LogP contribution in [0.1, 0.15) is 33.4 Å². The largest absolute Gasteiger partial charge is 0.534 e. The van der Waals surface area contributed by atoms with Crippen LogP contribution in [-0.4, -0.2) is 47.6 Å². The smallest absolute Gasteiger partial charge is 0.450 e. The lowest BCUT2D eigenvalue weighted by Gasteiger charge is -2.43. The summed E-state index contributed by atoms with van der Waals surface area (Å²) in [5, 5.41) is 4.63. The fraction of sp³-hybridized carbons (Fsp3) is 0.550. The molecule has 0 radical (unpaired) electrons. The molecule has 194 valence electrons. The van der Waals surface area contributed by atoms with E-state index in [2.05, 4.69) is 9.28 Å². The summed E-state index contributed by atoms with van der Waals surface area (Å²) in [5.74, 6) is -0.955. The van der Waals surface area contributed by atoms with Crippen molar-refractivity contribution in [2.75, 3.05) is 19.1 Å². The van der Waals surface area contributed by atoms with Crippen molar-refractivity contribution in [3.8, 4) is 17.4 Å². The third-order valence-corrected chi connectivity index (χ3v) is 10.0. The highest BCUT2D eigenvalue weighted by Crippen LogP contribution is 2.53. The van der Waals surface area contributed by atoms with Crippen molar-refractivity contribution in [3.05, 3.63) is 33.9 Å². The molecule has 0 aliphatic heterocycles. The average Bonchev–Trinajstić information content (AvgIpc) is 2.95. The SMILES string of the molecule is CCc1nn(CCOS(C)(C)C(C)(C)C)c(OS(=O)(=O)C(F)(F)F)c1Oc1cc(Cl)cc(Cl)c1. The van der Waals surface area contributed by atoms with Gasteiger partial charge in [0.05, 0.1) is 13.2 Å². The number of nitrogens with zero attached hydrogens (tertiary/aromatic N) is 2. The number of aryl methyl sites for hydroxylation is 1. The van der Waals surface area contributed by atoms with Gasteiger partial charge >= 0.3 is 15.6 Å². The highest BCUT2D eigenvalue weighted by Gasteiger charge is 2.50. The average molecular weight is 567 g/mol. The molecule has 0 N–H and O–H groups in total. The summed E-state index contributed by atoms with van der Waals surface area (Å²) in [6.45, 7) is 7.68. The summed E-state index contributed by atoms with van der Waals surface area (Å²) in [4.78, 5) is 0. The minimum atomic E-state index is -6.00. The van der Waals surface area contributed by atoms with Gasteiger partial charge in [0.1, 0.15) is 11.4 Å². The van der Waals surface area contributed by atoms with Crippen molar-refractivity contribution in [2.45, 2.75) is 50.9 Å². The summed E-state index contributed by atoms with van der Waals surface area (Å²) in [6.07, 6.45) is 4.12. The Morgan fingerprint density at radius 3 is 2.09 bits per heavy atom. The second kappa shape index (κ2) is 10.3. The van der Waals surface area contributed by atoms with Crippen LogP contribution in [0.4, 0.5) is 13.2 Å². The van der Waals surface area contributed by atoms with Crippen LogP contribution in [0.5, 0.6) is 17.4 Å². The number of halogens is 5. The van der Waals surface area contributed by atoms with Crippen LogP contribution >= 0.6 is 33.5 Å². The third kappa shape index (κ3) is 6.87. The van der Waals surface area contributed by atoms with Gasteiger partial charge in [0.25, 0.3) is 5.88 Å². The van der Waals surface area contributed by atoms with Crippen LogP contribution in [0.15, 0.2) is 18.2 Å². The van der Waals surface area contributed by atoms with E-state index in [0.29, 0.717) is 0 Å². The van der Waals surface area contributed by atoms with Crippen molar-refractivity contribution >= 4 is 43.6 Å². The number of aromatic nitrogens is 2. The van der Waals surface area contributed by atoms with Gasteiger partial charge in [-0.1, -0.05) is 50.9 Å². The Morgan fingerprint density at radius 1 is 1.06 bits per heavy atom. The molecular formula is C20H27Cl2F3N2O5S2. The Kier molecular flexibility index (Phi) is 8.78. The Labute approximate surface area is 209 Å². The minimum Gasteiger partial charge on any atom is -0.450 e. The fourth-order valence-electron chi connectivity index (χ4n) is 2.41. The van der Waals surface area contributed by atoms with E-state index in [0.717, 1.165) is 4.68 Å². The first-order valence-electron chi connectivity index (χ1n) is 9.99. The quantitative estimate of drug-likeness (QED) is 0.252. The maximum atomic E-state index is 13.1. The standard InChI is InChI=1S/C20H27Cl2F3N2O5S2/c1-7-16-17(31-15-11-13(21)10-14(22)12-15)18(32-34(28,29)20(23,24)25)27(26-16)8-9-30-33(5,6)19(2,3)4/h10-12H,7-9H2,1-6H3. The minimum absolute atomic E-state index is 0.0509. The summed E-state index contributed by atoms with van der Waals surface area (Å²) in [6, 6.07) is 4.16. The first kappa shape index (κ1) is 28.9. The molecule has 0 fully saturated rings. The van der Waals surface area contributed by atoms with Crippen molar-refractivity contribution in [2.24, 2.45) is 0 Å². The summed E-state index contributed by atoms with van der Waals surface area (Å²) in [5.41, 5.74) is -5.48. The van der Waals surface area contributed by atoms with Gasteiger partial charge in [0, 0.05) is 14.8 Å². The predicted molar refractivity (Wildman–Crippen MR) is 129 cm³/mol. The Morgan fingerprint density at radius 2 is 1.62 bits per heavy atom. The molecule has 1 heterocycles. The van der Waals surface area contributed by atoms with E-state index in [9.17, 15) is 21.6 Å². The van der Waals surface area contributed by atoms with Crippen LogP contribution in [-0.2, 0) is 27.3 Å². The van der Waals surface area contributed by atoms with Gasteiger partial charge < -0.3 is 13.1 Å². The highest BCUT2D eigenvalue weighted by molar-refractivity contribution is 8.29. The maximum absolute atomic E-state index is 13.1. The van der Waals surface area contributed by atoms with Crippen molar-refractivity contribution < 1.29 is 34.7 Å². The lowest BCUT2D eigenvalue weighted by atomic mass is 10.3. The molecule has 0 amide bonds. The highest BCUT2D eigenvalue weighted by atomic mass is 35.5. The van der Waals surface area contributed by atoms with Crippen LogP contribution in [0.3, 0.4) is 0 Å². The molecule has 1 aromatic carbocycles. The number of ether oxygens (including phenoxy) is 1. The predicted octanol–water partition coefficient (Wildman–Crippen LogP) is 6.57. The molecule has 2 rings (SSSR count). The number of rotatable bonds is 9. The molecule has 0 unspecified atom stereocenters. The lowest BCUT2D eigenvalue weighted by molar-refractivity contribution is -0.0503. The van der Waals surface area contributed by atoms with Crippen LogP contribution in [0, 0.1) is 0 Å². The molecule has 0 saturated heterocycles. The topological polar surface area (TPSA) is 79.7 Å². The molecule has 14 heteroatoms. The van der Waals surface area contributed by atoms with Gasteiger partial charge in [-0.05, 0) is 37.1 Å². The van der Waals surface area contributed by atoms with Gasteiger partial charge in [-0.3, -0.25) is 0 Å².